The first kappa shape index (κ1) is 15.5. The molecule has 3 nitrogen and oxygen atoms in total. The Morgan fingerprint density at radius 1 is 1.00 bits per heavy atom. The molecular weight excluding hydrogens is 314 g/mol. The zero-order valence-corrected chi connectivity index (χ0v) is 14.9. The molecule has 1 aliphatic heterocycles. The highest BCUT2D eigenvalue weighted by Crippen LogP contribution is 2.47. The molecule has 2 heterocycles. The Hall–Kier alpha value is -2.04. The lowest BCUT2D eigenvalue weighted by Crippen LogP contribution is -2.26. The average Bonchev–Trinajstić information content (AvgIpc) is 2.59. The molecule has 0 saturated heterocycles. The van der Waals surface area contributed by atoms with Gasteiger partial charge >= 0.3 is 0 Å². The van der Waals surface area contributed by atoms with Gasteiger partial charge in [0.25, 0.3) is 0 Å². The van der Waals surface area contributed by atoms with Crippen molar-refractivity contribution in [3.05, 3.63) is 54.6 Å². The van der Waals surface area contributed by atoms with Gasteiger partial charge in [-0.2, -0.15) is 0 Å². The van der Waals surface area contributed by atoms with E-state index in [1.54, 1.807) is 0 Å². The van der Waals surface area contributed by atoms with E-state index in [1.165, 1.54) is 20.9 Å². The van der Waals surface area contributed by atoms with Crippen LogP contribution in [0.25, 0.3) is 10.9 Å². The van der Waals surface area contributed by atoms with E-state index in [0.717, 1.165) is 30.8 Å². The van der Waals surface area contributed by atoms with Crippen LogP contribution in [0.1, 0.15) is 6.42 Å². The summed E-state index contributed by atoms with van der Waals surface area (Å²) in [6.45, 7) is 2.06. The monoisotopic (exact) mass is 335 g/mol. The van der Waals surface area contributed by atoms with E-state index in [9.17, 15) is 0 Å². The molecule has 4 heteroatoms. The standard InChI is InChI=1S/C20H21N3S/c1-22(2)12-7-13-23-17-10-5-6-11-18(17)24-19-14-15-8-3-4-9-16(15)21-20(19)23/h3-6,8-11,14H,7,12-13H2,1-2H3. The van der Waals surface area contributed by atoms with Crippen LogP contribution in [0, 0.1) is 0 Å². The number of rotatable bonds is 4. The van der Waals surface area contributed by atoms with Crippen LogP contribution in [0.15, 0.2) is 64.4 Å². The molecule has 4 rings (SSSR count). The van der Waals surface area contributed by atoms with E-state index in [2.05, 4.69) is 78.5 Å². The third kappa shape index (κ3) is 2.87. The van der Waals surface area contributed by atoms with Crippen molar-refractivity contribution >= 4 is 34.2 Å². The van der Waals surface area contributed by atoms with Crippen molar-refractivity contribution in [3.8, 4) is 0 Å². The van der Waals surface area contributed by atoms with Crippen LogP contribution in [0.2, 0.25) is 0 Å². The third-order valence-corrected chi connectivity index (χ3v) is 5.37. The van der Waals surface area contributed by atoms with Gasteiger partial charge in [-0.3, -0.25) is 0 Å². The number of hydrogen-bond acceptors (Lipinski definition) is 4. The van der Waals surface area contributed by atoms with Crippen molar-refractivity contribution in [2.24, 2.45) is 0 Å². The van der Waals surface area contributed by atoms with E-state index in [-0.39, 0.29) is 0 Å². The van der Waals surface area contributed by atoms with Gasteiger partial charge in [-0.05, 0) is 51.3 Å². The summed E-state index contributed by atoms with van der Waals surface area (Å²) in [7, 11) is 4.25. The first-order valence-corrected chi connectivity index (χ1v) is 9.13. The summed E-state index contributed by atoms with van der Waals surface area (Å²) in [6.07, 6.45) is 1.11. The number of anilines is 2. The zero-order valence-electron chi connectivity index (χ0n) is 14.1. The number of benzene rings is 2. The van der Waals surface area contributed by atoms with E-state index in [4.69, 9.17) is 4.98 Å². The Balaban J connectivity index is 1.78. The van der Waals surface area contributed by atoms with E-state index >= 15 is 0 Å². The smallest absolute Gasteiger partial charge is 0.147 e. The fourth-order valence-electron chi connectivity index (χ4n) is 3.13. The minimum atomic E-state index is 0.980. The van der Waals surface area contributed by atoms with Gasteiger partial charge in [0.15, 0.2) is 0 Å². The Morgan fingerprint density at radius 3 is 2.67 bits per heavy atom. The Labute approximate surface area is 147 Å². The van der Waals surface area contributed by atoms with Crippen LogP contribution in [-0.4, -0.2) is 37.1 Å². The van der Waals surface area contributed by atoms with Gasteiger partial charge in [0, 0.05) is 16.8 Å². The number of hydrogen-bond donors (Lipinski definition) is 0. The molecule has 0 amide bonds. The maximum atomic E-state index is 4.99. The van der Waals surface area contributed by atoms with Crippen LogP contribution in [0.3, 0.4) is 0 Å². The topological polar surface area (TPSA) is 19.4 Å². The third-order valence-electron chi connectivity index (χ3n) is 4.29. The summed E-state index contributed by atoms with van der Waals surface area (Å²) in [5, 5.41) is 1.20. The summed E-state index contributed by atoms with van der Waals surface area (Å²) in [4.78, 5) is 12.2. The fourth-order valence-corrected chi connectivity index (χ4v) is 4.22. The lowest BCUT2D eigenvalue weighted by Gasteiger charge is -2.32. The van der Waals surface area contributed by atoms with Gasteiger partial charge in [-0.25, -0.2) is 4.98 Å². The van der Waals surface area contributed by atoms with Crippen LogP contribution in [-0.2, 0) is 0 Å². The van der Waals surface area contributed by atoms with Crippen molar-refractivity contribution in [1.29, 1.82) is 0 Å². The quantitative estimate of drug-likeness (QED) is 0.682. The summed E-state index contributed by atoms with van der Waals surface area (Å²) >= 11 is 1.83. The van der Waals surface area contributed by atoms with Gasteiger partial charge in [-0.15, -0.1) is 0 Å². The van der Waals surface area contributed by atoms with Gasteiger partial charge in [-0.1, -0.05) is 42.1 Å². The molecule has 1 aliphatic rings. The molecule has 0 atom stereocenters. The molecule has 0 aliphatic carbocycles. The average molecular weight is 335 g/mol. The summed E-state index contributed by atoms with van der Waals surface area (Å²) in [5.74, 6) is 1.09. The molecule has 2 aromatic carbocycles. The minimum absolute atomic E-state index is 0.980. The number of aromatic nitrogens is 1. The maximum Gasteiger partial charge on any atom is 0.147 e. The van der Waals surface area contributed by atoms with Crippen molar-refractivity contribution in [3.63, 3.8) is 0 Å². The molecule has 0 spiro atoms. The Kier molecular flexibility index (Phi) is 4.17. The van der Waals surface area contributed by atoms with Crippen molar-refractivity contribution in [2.45, 2.75) is 16.2 Å². The minimum Gasteiger partial charge on any atom is -0.324 e. The molecule has 122 valence electrons. The highest BCUT2D eigenvalue weighted by molar-refractivity contribution is 7.99. The van der Waals surface area contributed by atoms with Crippen LogP contribution >= 0.6 is 11.8 Å². The number of nitrogens with zero attached hydrogens (tertiary/aromatic N) is 3. The first-order chi connectivity index (χ1) is 11.7. The predicted octanol–water partition coefficient (Wildman–Crippen LogP) is 4.79. The number of pyridine rings is 1. The SMILES string of the molecule is CN(C)CCCN1c2ccccc2Sc2cc3ccccc3nc21. The molecule has 0 fully saturated rings. The normalized spacial score (nSPS) is 13.2. The van der Waals surface area contributed by atoms with E-state index < -0.39 is 0 Å². The van der Waals surface area contributed by atoms with Gasteiger partial charge in [0.05, 0.1) is 16.1 Å². The van der Waals surface area contributed by atoms with Crippen molar-refractivity contribution in [1.82, 2.24) is 9.88 Å². The Bertz CT molecular complexity index is 876. The molecule has 0 radical (unpaired) electrons. The van der Waals surface area contributed by atoms with Crippen molar-refractivity contribution in [2.75, 3.05) is 32.1 Å². The molecule has 0 unspecified atom stereocenters. The first-order valence-electron chi connectivity index (χ1n) is 8.31. The molecule has 3 aromatic rings. The second kappa shape index (κ2) is 6.46. The fraction of sp³-hybridized carbons (Fsp3) is 0.250. The lowest BCUT2D eigenvalue weighted by molar-refractivity contribution is 0.402. The van der Waals surface area contributed by atoms with Crippen molar-refractivity contribution < 1.29 is 0 Å². The van der Waals surface area contributed by atoms with Crippen LogP contribution in [0.5, 0.6) is 0 Å². The zero-order chi connectivity index (χ0) is 16.5. The highest BCUT2D eigenvalue weighted by atomic mass is 32.2. The molecule has 1 aromatic heterocycles. The maximum absolute atomic E-state index is 4.99. The predicted molar refractivity (Wildman–Crippen MR) is 102 cm³/mol. The molecule has 0 saturated carbocycles. The lowest BCUT2D eigenvalue weighted by atomic mass is 10.2. The summed E-state index contributed by atoms with van der Waals surface area (Å²) in [5.41, 5.74) is 2.34. The van der Waals surface area contributed by atoms with E-state index in [1.807, 2.05) is 11.8 Å². The molecule has 0 bridgehead atoms. The van der Waals surface area contributed by atoms with Gasteiger partial charge in [0.2, 0.25) is 0 Å². The van der Waals surface area contributed by atoms with Gasteiger partial charge < -0.3 is 9.80 Å². The van der Waals surface area contributed by atoms with Crippen LogP contribution < -0.4 is 4.90 Å². The largest absolute Gasteiger partial charge is 0.324 e. The highest BCUT2D eigenvalue weighted by Gasteiger charge is 2.24. The van der Waals surface area contributed by atoms with Crippen LogP contribution in [0.4, 0.5) is 11.5 Å². The Morgan fingerprint density at radius 2 is 1.79 bits per heavy atom. The second-order valence-electron chi connectivity index (χ2n) is 6.38. The molecule has 24 heavy (non-hydrogen) atoms. The molecular formula is C20H21N3S. The second-order valence-corrected chi connectivity index (χ2v) is 7.46. The number of para-hydroxylation sites is 2. The van der Waals surface area contributed by atoms with E-state index in [0.29, 0.717) is 0 Å². The van der Waals surface area contributed by atoms with Gasteiger partial charge in [0.1, 0.15) is 5.82 Å². The molecule has 0 N–H and O–H groups in total. The summed E-state index contributed by atoms with van der Waals surface area (Å²) < 4.78 is 0. The summed E-state index contributed by atoms with van der Waals surface area (Å²) in [6, 6.07) is 19.3. The number of fused-ring (bicyclic) bond motifs is 3.